The summed E-state index contributed by atoms with van der Waals surface area (Å²) in [5.41, 5.74) is 5.74. The van der Waals surface area contributed by atoms with Gasteiger partial charge in [0.2, 0.25) is 0 Å². The third kappa shape index (κ3) is 3.89. The Morgan fingerprint density at radius 1 is 1.16 bits per heavy atom. The number of benzene rings is 1. The second-order valence-electron chi connectivity index (χ2n) is 6.87. The molecule has 2 heterocycles. The maximum atomic E-state index is 10.6. The van der Waals surface area contributed by atoms with Crippen molar-refractivity contribution in [3.63, 3.8) is 0 Å². The number of nitrogens with zero attached hydrogens (tertiary/aromatic N) is 4. The van der Waals surface area contributed by atoms with Gasteiger partial charge < -0.3 is 9.67 Å². The Bertz CT molecular complexity index is 844. The Morgan fingerprint density at radius 2 is 1.84 bits per heavy atom. The van der Waals surface area contributed by atoms with Crippen molar-refractivity contribution in [3.8, 4) is 0 Å². The van der Waals surface area contributed by atoms with E-state index in [4.69, 9.17) is 0 Å². The highest BCUT2D eigenvalue weighted by Crippen LogP contribution is 2.20. The van der Waals surface area contributed by atoms with E-state index in [9.17, 15) is 5.11 Å². The van der Waals surface area contributed by atoms with Crippen molar-refractivity contribution in [2.45, 2.75) is 39.5 Å². The summed E-state index contributed by atoms with van der Waals surface area (Å²) in [5, 5.41) is 10.6. The molecule has 0 aliphatic heterocycles. The van der Waals surface area contributed by atoms with Crippen molar-refractivity contribution >= 4 is 11.0 Å². The van der Waals surface area contributed by atoms with E-state index in [2.05, 4.69) is 47.8 Å². The maximum absolute atomic E-state index is 10.6. The monoisotopic (exact) mass is 338 g/mol. The molecule has 1 N–H and O–H groups in total. The fraction of sp³-hybridized carbons (Fsp3) is 0.400. The van der Waals surface area contributed by atoms with Gasteiger partial charge in [0.05, 0.1) is 30.0 Å². The predicted molar refractivity (Wildman–Crippen MR) is 100 cm³/mol. The number of aromatic nitrogens is 3. The summed E-state index contributed by atoms with van der Waals surface area (Å²) in [7, 11) is 2.04. The van der Waals surface area contributed by atoms with Crippen LogP contribution in [-0.4, -0.2) is 44.2 Å². The number of aryl methyl sites for hydroxylation is 2. The second kappa shape index (κ2) is 7.33. The highest BCUT2D eigenvalue weighted by Gasteiger charge is 2.16. The summed E-state index contributed by atoms with van der Waals surface area (Å²) in [5.74, 6) is 0. The lowest BCUT2D eigenvalue weighted by Crippen LogP contribution is -2.33. The summed E-state index contributed by atoms with van der Waals surface area (Å²) in [4.78, 5) is 10.7. The van der Waals surface area contributed by atoms with Gasteiger partial charge in [0, 0.05) is 25.0 Å². The summed E-state index contributed by atoms with van der Waals surface area (Å²) in [6, 6.07) is 8.50. The molecule has 3 rings (SSSR count). The molecule has 5 nitrogen and oxygen atoms in total. The molecule has 0 radical (unpaired) electrons. The second-order valence-corrected chi connectivity index (χ2v) is 6.87. The van der Waals surface area contributed by atoms with Crippen molar-refractivity contribution in [2.75, 3.05) is 13.6 Å². The van der Waals surface area contributed by atoms with E-state index >= 15 is 0 Å². The number of aliphatic hydroxyl groups is 1. The molecule has 1 aromatic carbocycles. The summed E-state index contributed by atoms with van der Waals surface area (Å²) < 4.78 is 2.04. The first-order chi connectivity index (χ1) is 12.0. The quantitative estimate of drug-likeness (QED) is 0.750. The number of hydrogen-bond acceptors (Lipinski definition) is 4. The Morgan fingerprint density at radius 3 is 2.56 bits per heavy atom. The molecule has 0 saturated heterocycles. The van der Waals surface area contributed by atoms with E-state index in [-0.39, 0.29) is 6.04 Å². The minimum Gasteiger partial charge on any atom is -0.390 e. The van der Waals surface area contributed by atoms with E-state index in [1.165, 1.54) is 16.7 Å². The first-order valence-corrected chi connectivity index (χ1v) is 8.66. The highest BCUT2D eigenvalue weighted by atomic mass is 16.3. The van der Waals surface area contributed by atoms with Crippen LogP contribution in [0, 0.1) is 13.8 Å². The Hall–Kier alpha value is -2.24. The van der Waals surface area contributed by atoms with Gasteiger partial charge in [0.1, 0.15) is 0 Å². The van der Waals surface area contributed by atoms with E-state index < -0.39 is 6.10 Å². The first-order valence-electron chi connectivity index (χ1n) is 8.66. The van der Waals surface area contributed by atoms with Crippen LogP contribution in [0.3, 0.4) is 0 Å². The van der Waals surface area contributed by atoms with Crippen LogP contribution in [0.15, 0.2) is 43.0 Å². The smallest absolute Gasteiger partial charge is 0.0959 e. The molecule has 0 bridgehead atoms. The lowest BCUT2D eigenvalue weighted by molar-refractivity contribution is 0.0948. The average Bonchev–Trinajstić information content (AvgIpc) is 2.97. The maximum Gasteiger partial charge on any atom is 0.0959 e. The van der Waals surface area contributed by atoms with Crippen LogP contribution in [0.5, 0.6) is 0 Å². The number of imidazole rings is 1. The Kier molecular flexibility index (Phi) is 5.16. The fourth-order valence-electron chi connectivity index (χ4n) is 3.13. The van der Waals surface area contributed by atoms with Gasteiger partial charge in [-0.05, 0) is 68.8 Å². The van der Waals surface area contributed by atoms with E-state index in [0.717, 1.165) is 11.0 Å². The lowest BCUT2D eigenvalue weighted by atomic mass is 10.1. The first kappa shape index (κ1) is 17.6. The van der Waals surface area contributed by atoms with Gasteiger partial charge in [-0.1, -0.05) is 0 Å². The zero-order valence-corrected chi connectivity index (χ0v) is 15.3. The van der Waals surface area contributed by atoms with Gasteiger partial charge in [0.15, 0.2) is 0 Å². The van der Waals surface area contributed by atoms with Crippen molar-refractivity contribution in [1.29, 1.82) is 0 Å². The third-order valence-corrected chi connectivity index (χ3v) is 4.99. The van der Waals surface area contributed by atoms with Gasteiger partial charge >= 0.3 is 0 Å². The number of rotatable bonds is 6. The topological polar surface area (TPSA) is 54.2 Å². The molecule has 2 unspecified atom stereocenters. The molecular formula is C20H26N4O. The number of pyridine rings is 1. The molecule has 0 aliphatic rings. The van der Waals surface area contributed by atoms with Crippen LogP contribution in [0.4, 0.5) is 0 Å². The Balaban J connectivity index is 1.68. The molecule has 2 atom stereocenters. The van der Waals surface area contributed by atoms with Gasteiger partial charge in [-0.2, -0.15) is 0 Å². The van der Waals surface area contributed by atoms with Crippen molar-refractivity contribution in [2.24, 2.45) is 0 Å². The number of aliphatic hydroxyl groups excluding tert-OH is 1. The standard InChI is InChI=1S/C20H26N4O/c1-14-9-19-20(10-15(14)2)24(13-22-19)12-18(25)11-23(4)16(3)17-5-7-21-8-6-17/h5-10,13,16,18,25H,11-12H2,1-4H3. The van der Waals surface area contributed by atoms with Crippen LogP contribution in [0.2, 0.25) is 0 Å². The molecule has 0 aliphatic carbocycles. The largest absolute Gasteiger partial charge is 0.390 e. The molecule has 0 amide bonds. The molecule has 3 aromatic rings. The van der Waals surface area contributed by atoms with Gasteiger partial charge in [-0.3, -0.25) is 9.88 Å². The summed E-state index contributed by atoms with van der Waals surface area (Å²) >= 11 is 0. The Labute approximate surface area is 149 Å². The normalized spacial score (nSPS) is 14.2. The minimum atomic E-state index is -0.465. The minimum absolute atomic E-state index is 0.224. The SMILES string of the molecule is Cc1cc2ncn(CC(O)CN(C)C(C)c3ccncc3)c2cc1C. The van der Waals surface area contributed by atoms with Crippen molar-refractivity contribution < 1.29 is 5.11 Å². The predicted octanol–water partition coefficient (Wildman–Crippen LogP) is 3.10. The average molecular weight is 338 g/mol. The van der Waals surface area contributed by atoms with Crippen LogP contribution in [0.1, 0.15) is 29.7 Å². The number of hydrogen-bond donors (Lipinski definition) is 1. The van der Waals surface area contributed by atoms with E-state index in [0.29, 0.717) is 13.1 Å². The molecule has 0 fully saturated rings. The molecule has 2 aromatic heterocycles. The van der Waals surface area contributed by atoms with Gasteiger partial charge in [0.25, 0.3) is 0 Å². The van der Waals surface area contributed by atoms with Crippen LogP contribution < -0.4 is 0 Å². The molecular weight excluding hydrogens is 312 g/mol. The van der Waals surface area contributed by atoms with Crippen LogP contribution in [-0.2, 0) is 6.54 Å². The molecule has 25 heavy (non-hydrogen) atoms. The van der Waals surface area contributed by atoms with E-state index in [1.807, 2.05) is 30.1 Å². The zero-order valence-electron chi connectivity index (χ0n) is 15.3. The summed E-state index contributed by atoms with van der Waals surface area (Å²) in [6.45, 7) is 7.46. The third-order valence-electron chi connectivity index (χ3n) is 4.99. The zero-order chi connectivity index (χ0) is 18.0. The van der Waals surface area contributed by atoms with E-state index in [1.54, 1.807) is 12.4 Å². The fourth-order valence-corrected chi connectivity index (χ4v) is 3.13. The number of likely N-dealkylation sites (N-methyl/N-ethyl adjacent to an activating group) is 1. The molecule has 0 spiro atoms. The van der Waals surface area contributed by atoms with Gasteiger partial charge in [-0.15, -0.1) is 0 Å². The van der Waals surface area contributed by atoms with Crippen LogP contribution >= 0.6 is 0 Å². The molecule has 0 saturated carbocycles. The van der Waals surface area contributed by atoms with Crippen molar-refractivity contribution in [1.82, 2.24) is 19.4 Å². The van der Waals surface area contributed by atoms with Gasteiger partial charge in [-0.25, -0.2) is 4.98 Å². The van der Waals surface area contributed by atoms with Crippen LogP contribution in [0.25, 0.3) is 11.0 Å². The highest BCUT2D eigenvalue weighted by molar-refractivity contribution is 5.77. The molecule has 132 valence electrons. The van der Waals surface area contributed by atoms with Crippen molar-refractivity contribution in [3.05, 3.63) is 59.7 Å². The summed E-state index contributed by atoms with van der Waals surface area (Å²) in [6.07, 6.45) is 4.96. The molecule has 5 heteroatoms. The number of fused-ring (bicyclic) bond motifs is 1. The lowest BCUT2D eigenvalue weighted by Gasteiger charge is -2.27.